The van der Waals surface area contributed by atoms with Gasteiger partial charge in [-0.1, -0.05) is 20.3 Å². The molecule has 2 aromatic rings. The summed E-state index contributed by atoms with van der Waals surface area (Å²) in [7, 11) is 0. The molecule has 1 amide bonds. The number of hydrogen-bond acceptors (Lipinski definition) is 3. The lowest BCUT2D eigenvalue weighted by atomic mass is 9.99. The van der Waals surface area contributed by atoms with Crippen LogP contribution in [0.1, 0.15) is 29.9 Å². The zero-order valence-electron chi connectivity index (χ0n) is 11.7. The lowest BCUT2D eigenvalue weighted by Crippen LogP contribution is -2.44. The first-order valence-electron chi connectivity index (χ1n) is 6.65. The number of carboxylic acids is 1. The van der Waals surface area contributed by atoms with E-state index in [1.165, 1.54) is 23.5 Å². The molecule has 112 valence electrons. The molecule has 0 aliphatic rings. The quantitative estimate of drug-likeness (QED) is 0.891. The van der Waals surface area contributed by atoms with Crippen LogP contribution < -0.4 is 5.32 Å². The van der Waals surface area contributed by atoms with Crippen LogP contribution in [-0.4, -0.2) is 23.0 Å². The van der Waals surface area contributed by atoms with E-state index in [9.17, 15) is 19.1 Å². The SMILES string of the molecule is CCC(C)[C@H](NC(=O)c1cc2cc(F)ccc2s1)C(=O)O. The number of halogens is 1. The van der Waals surface area contributed by atoms with Crippen LogP contribution in [0.5, 0.6) is 0 Å². The maximum absolute atomic E-state index is 13.1. The zero-order valence-corrected chi connectivity index (χ0v) is 12.5. The van der Waals surface area contributed by atoms with E-state index < -0.39 is 17.9 Å². The number of benzene rings is 1. The molecule has 0 spiro atoms. The van der Waals surface area contributed by atoms with Gasteiger partial charge in [-0.15, -0.1) is 11.3 Å². The normalized spacial score (nSPS) is 13.9. The highest BCUT2D eigenvalue weighted by atomic mass is 32.1. The van der Waals surface area contributed by atoms with E-state index >= 15 is 0 Å². The number of carbonyl (C=O) groups is 2. The molecule has 0 fully saturated rings. The number of nitrogens with one attached hydrogen (secondary N) is 1. The molecule has 0 aliphatic carbocycles. The minimum atomic E-state index is -1.05. The molecule has 0 saturated heterocycles. The standard InChI is InChI=1S/C15H16FNO3S/c1-3-8(2)13(15(19)20)17-14(18)12-7-9-6-10(16)4-5-11(9)21-12/h4-8,13H,3H2,1-2H3,(H,17,18)(H,19,20)/t8?,13-/m0/s1. The van der Waals surface area contributed by atoms with Gasteiger partial charge in [0.25, 0.3) is 5.91 Å². The van der Waals surface area contributed by atoms with E-state index in [-0.39, 0.29) is 11.7 Å². The second kappa shape index (κ2) is 6.22. The molecule has 1 unspecified atom stereocenters. The van der Waals surface area contributed by atoms with Crippen molar-refractivity contribution in [1.82, 2.24) is 5.32 Å². The summed E-state index contributed by atoms with van der Waals surface area (Å²) in [5.41, 5.74) is 0. The zero-order chi connectivity index (χ0) is 15.6. The van der Waals surface area contributed by atoms with Crippen molar-refractivity contribution in [2.24, 2.45) is 5.92 Å². The van der Waals surface area contributed by atoms with Crippen molar-refractivity contribution < 1.29 is 19.1 Å². The highest BCUT2D eigenvalue weighted by molar-refractivity contribution is 7.20. The van der Waals surface area contributed by atoms with E-state index in [1.54, 1.807) is 19.1 Å². The molecule has 0 aliphatic heterocycles. The summed E-state index contributed by atoms with van der Waals surface area (Å²) in [4.78, 5) is 23.8. The number of aliphatic carboxylic acids is 1. The largest absolute Gasteiger partial charge is 0.480 e. The number of thiophene rings is 1. The minimum Gasteiger partial charge on any atom is -0.480 e. The predicted octanol–water partition coefficient (Wildman–Crippen LogP) is 3.27. The van der Waals surface area contributed by atoms with Crippen LogP contribution in [0.4, 0.5) is 4.39 Å². The maximum Gasteiger partial charge on any atom is 0.326 e. The molecule has 21 heavy (non-hydrogen) atoms. The molecule has 2 N–H and O–H groups in total. The predicted molar refractivity (Wildman–Crippen MR) is 80.1 cm³/mol. The van der Waals surface area contributed by atoms with E-state index in [4.69, 9.17) is 0 Å². The van der Waals surface area contributed by atoms with E-state index in [2.05, 4.69) is 5.32 Å². The third-order valence-corrected chi connectivity index (χ3v) is 4.58. The topological polar surface area (TPSA) is 66.4 Å². The van der Waals surface area contributed by atoms with Gasteiger partial charge >= 0.3 is 5.97 Å². The Kier molecular flexibility index (Phi) is 4.57. The summed E-state index contributed by atoms with van der Waals surface area (Å²) >= 11 is 1.22. The monoisotopic (exact) mass is 309 g/mol. The van der Waals surface area contributed by atoms with Crippen molar-refractivity contribution in [2.75, 3.05) is 0 Å². The second-order valence-corrected chi connectivity index (χ2v) is 6.05. The Morgan fingerprint density at radius 2 is 2.10 bits per heavy atom. The summed E-state index contributed by atoms with van der Waals surface area (Å²) in [6.07, 6.45) is 0.648. The molecular weight excluding hydrogens is 293 g/mol. The first-order chi connectivity index (χ1) is 9.92. The van der Waals surface area contributed by atoms with Gasteiger partial charge in [-0.25, -0.2) is 9.18 Å². The number of fused-ring (bicyclic) bond motifs is 1. The Labute approximate surface area is 125 Å². The lowest BCUT2D eigenvalue weighted by molar-refractivity contribution is -0.140. The Bertz CT molecular complexity index is 683. The average molecular weight is 309 g/mol. The lowest BCUT2D eigenvalue weighted by Gasteiger charge is -2.19. The fraction of sp³-hybridized carbons (Fsp3) is 0.333. The fourth-order valence-electron chi connectivity index (χ4n) is 2.02. The molecule has 1 aromatic heterocycles. The highest BCUT2D eigenvalue weighted by Crippen LogP contribution is 2.26. The van der Waals surface area contributed by atoms with Crippen LogP contribution in [0.2, 0.25) is 0 Å². The summed E-state index contributed by atoms with van der Waals surface area (Å²) in [5.74, 6) is -2.03. The van der Waals surface area contributed by atoms with Crippen molar-refractivity contribution in [3.05, 3.63) is 35.0 Å². The summed E-state index contributed by atoms with van der Waals surface area (Å²) < 4.78 is 13.9. The summed E-state index contributed by atoms with van der Waals surface area (Å²) in [6.45, 7) is 3.65. The second-order valence-electron chi connectivity index (χ2n) is 4.97. The molecule has 0 bridgehead atoms. The maximum atomic E-state index is 13.1. The highest BCUT2D eigenvalue weighted by Gasteiger charge is 2.26. The van der Waals surface area contributed by atoms with Crippen LogP contribution >= 0.6 is 11.3 Å². The van der Waals surface area contributed by atoms with Gasteiger partial charge in [0, 0.05) is 4.70 Å². The fourth-order valence-corrected chi connectivity index (χ4v) is 2.97. The molecule has 0 radical (unpaired) electrons. The number of rotatable bonds is 5. The Hall–Kier alpha value is -1.95. The third-order valence-electron chi connectivity index (χ3n) is 3.47. The van der Waals surface area contributed by atoms with Gasteiger partial charge in [-0.2, -0.15) is 0 Å². The van der Waals surface area contributed by atoms with E-state index in [1.807, 2.05) is 6.92 Å². The van der Waals surface area contributed by atoms with Crippen LogP contribution in [0.15, 0.2) is 24.3 Å². The van der Waals surface area contributed by atoms with E-state index in [0.29, 0.717) is 16.7 Å². The van der Waals surface area contributed by atoms with Gasteiger partial charge in [0.05, 0.1) is 4.88 Å². The Morgan fingerprint density at radius 3 is 2.71 bits per heavy atom. The van der Waals surface area contributed by atoms with Crippen molar-refractivity contribution in [1.29, 1.82) is 0 Å². The minimum absolute atomic E-state index is 0.168. The van der Waals surface area contributed by atoms with Gasteiger partial charge in [-0.3, -0.25) is 4.79 Å². The molecule has 1 heterocycles. The van der Waals surface area contributed by atoms with E-state index in [0.717, 1.165) is 4.70 Å². The summed E-state index contributed by atoms with van der Waals surface area (Å²) in [6, 6.07) is 4.94. The Morgan fingerprint density at radius 1 is 1.38 bits per heavy atom. The average Bonchev–Trinajstić information content (AvgIpc) is 2.86. The van der Waals surface area contributed by atoms with Crippen LogP contribution in [-0.2, 0) is 4.79 Å². The summed E-state index contributed by atoms with van der Waals surface area (Å²) in [5, 5.41) is 12.4. The molecule has 0 saturated carbocycles. The first kappa shape index (κ1) is 15.4. The van der Waals surface area contributed by atoms with Crippen molar-refractivity contribution in [3.63, 3.8) is 0 Å². The van der Waals surface area contributed by atoms with Crippen molar-refractivity contribution in [2.45, 2.75) is 26.3 Å². The number of carboxylic acid groups (broad SMARTS) is 1. The molecule has 2 rings (SSSR count). The van der Waals surface area contributed by atoms with Crippen molar-refractivity contribution >= 4 is 33.3 Å². The van der Waals surface area contributed by atoms with Gasteiger partial charge in [-0.05, 0) is 35.6 Å². The molecule has 4 nitrogen and oxygen atoms in total. The van der Waals surface area contributed by atoms with Crippen molar-refractivity contribution in [3.8, 4) is 0 Å². The van der Waals surface area contributed by atoms with Crippen LogP contribution in [0.3, 0.4) is 0 Å². The number of carbonyl (C=O) groups excluding carboxylic acids is 1. The van der Waals surface area contributed by atoms with Crippen LogP contribution in [0, 0.1) is 11.7 Å². The third kappa shape index (κ3) is 3.39. The van der Waals surface area contributed by atoms with Gasteiger partial charge in [0.1, 0.15) is 11.9 Å². The molecular formula is C15H16FNO3S. The number of hydrogen-bond donors (Lipinski definition) is 2. The number of amides is 1. The molecule has 6 heteroatoms. The molecule has 1 aromatic carbocycles. The van der Waals surface area contributed by atoms with Gasteiger partial charge < -0.3 is 10.4 Å². The van der Waals surface area contributed by atoms with Gasteiger partial charge in [0.2, 0.25) is 0 Å². The van der Waals surface area contributed by atoms with Crippen LogP contribution in [0.25, 0.3) is 10.1 Å². The Balaban J connectivity index is 2.23. The first-order valence-corrected chi connectivity index (χ1v) is 7.46. The smallest absolute Gasteiger partial charge is 0.326 e. The van der Waals surface area contributed by atoms with Gasteiger partial charge in [0.15, 0.2) is 0 Å². The molecule has 2 atom stereocenters.